The maximum atomic E-state index is 13.4. The molecule has 1 aliphatic heterocycles. The van der Waals surface area contributed by atoms with Crippen molar-refractivity contribution in [1.29, 1.82) is 0 Å². The van der Waals surface area contributed by atoms with Crippen LogP contribution in [-0.4, -0.2) is 35.6 Å². The SMILES string of the molecule is COc1cccc2c1CN(CC(=O)n1c3ccccc3c3ccccc31)CC2. The zero-order valence-electron chi connectivity index (χ0n) is 15.9. The van der Waals surface area contributed by atoms with Crippen LogP contribution in [0.15, 0.2) is 66.7 Å². The van der Waals surface area contributed by atoms with Crippen LogP contribution in [0.2, 0.25) is 0 Å². The smallest absolute Gasteiger partial charge is 0.245 e. The van der Waals surface area contributed by atoms with E-state index in [1.54, 1.807) is 7.11 Å². The Balaban J connectivity index is 1.50. The summed E-state index contributed by atoms with van der Waals surface area (Å²) in [6.07, 6.45) is 0.937. The molecule has 0 amide bonds. The molecule has 4 heteroatoms. The van der Waals surface area contributed by atoms with E-state index >= 15 is 0 Å². The van der Waals surface area contributed by atoms with Gasteiger partial charge in [0.15, 0.2) is 0 Å². The standard InChI is InChI=1S/C24H22N2O2/c1-28-23-12-6-7-17-13-14-25(15-20(17)23)16-24(27)26-21-10-4-2-8-18(21)19-9-3-5-11-22(19)26/h2-12H,13-16H2,1H3. The Morgan fingerprint density at radius 2 is 1.61 bits per heavy atom. The molecule has 0 fully saturated rings. The summed E-state index contributed by atoms with van der Waals surface area (Å²) in [5.41, 5.74) is 4.47. The number of nitrogens with zero attached hydrogens (tertiary/aromatic N) is 2. The molecule has 0 radical (unpaired) electrons. The second-order valence-electron chi connectivity index (χ2n) is 7.32. The molecule has 28 heavy (non-hydrogen) atoms. The number of benzene rings is 3. The molecule has 5 rings (SSSR count). The van der Waals surface area contributed by atoms with Crippen LogP contribution in [0.25, 0.3) is 21.8 Å². The molecule has 4 nitrogen and oxygen atoms in total. The van der Waals surface area contributed by atoms with Crippen molar-refractivity contribution in [2.75, 3.05) is 20.2 Å². The first-order valence-corrected chi connectivity index (χ1v) is 9.65. The predicted octanol–water partition coefficient (Wildman–Crippen LogP) is 4.50. The third-order valence-electron chi connectivity index (χ3n) is 5.72. The summed E-state index contributed by atoms with van der Waals surface area (Å²) in [5, 5.41) is 2.24. The van der Waals surface area contributed by atoms with Gasteiger partial charge in [0.1, 0.15) is 5.75 Å². The molecule has 0 saturated carbocycles. The van der Waals surface area contributed by atoms with Crippen molar-refractivity contribution in [3.8, 4) is 5.75 Å². The van der Waals surface area contributed by atoms with Gasteiger partial charge in [-0.2, -0.15) is 0 Å². The fraction of sp³-hybridized carbons (Fsp3) is 0.208. The van der Waals surface area contributed by atoms with Gasteiger partial charge in [0.2, 0.25) is 5.91 Å². The summed E-state index contributed by atoms with van der Waals surface area (Å²) >= 11 is 0. The number of carbonyl (C=O) groups excluding carboxylic acids is 1. The number of carbonyl (C=O) groups is 1. The maximum Gasteiger partial charge on any atom is 0.245 e. The van der Waals surface area contributed by atoms with Crippen molar-refractivity contribution in [2.45, 2.75) is 13.0 Å². The molecule has 1 aromatic heterocycles. The monoisotopic (exact) mass is 370 g/mol. The summed E-state index contributed by atoms with van der Waals surface area (Å²) in [7, 11) is 1.71. The molecule has 0 bridgehead atoms. The fourth-order valence-electron chi connectivity index (χ4n) is 4.39. The Kier molecular flexibility index (Phi) is 4.14. The van der Waals surface area contributed by atoms with E-state index in [9.17, 15) is 4.79 Å². The fourth-order valence-corrected chi connectivity index (χ4v) is 4.39. The lowest BCUT2D eigenvalue weighted by Crippen LogP contribution is -2.36. The van der Waals surface area contributed by atoms with Crippen LogP contribution in [0.5, 0.6) is 5.75 Å². The first kappa shape index (κ1) is 17.0. The van der Waals surface area contributed by atoms with E-state index in [1.165, 1.54) is 11.1 Å². The summed E-state index contributed by atoms with van der Waals surface area (Å²) in [6, 6.07) is 22.5. The van der Waals surface area contributed by atoms with Crippen LogP contribution in [-0.2, 0) is 13.0 Å². The van der Waals surface area contributed by atoms with Crippen molar-refractivity contribution in [1.82, 2.24) is 9.47 Å². The first-order chi connectivity index (χ1) is 13.8. The second-order valence-corrected chi connectivity index (χ2v) is 7.32. The molecule has 140 valence electrons. The molecular weight excluding hydrogens is 348 g/mol. The largest absolute Gasteiger partial charge is 0.496 e. The number of methoxy groups -OCH3 is 1. The van der Waals surface area contributed by atoms with Crippen LogP contribution in [0.4, 0.5) is 0 Å². The third-order valence-corrected chi connectivity index (χ3v) is 5.72. The van der Waals surface area contributed by atoms with Gasteiger partial charge < -0.3 is 4.74 Å². The minimum Gasteiger partial charge on any atom is -0.496 e. The highest BCUT2D eigenvalue weighted by Gasteiger charge is 2.23. The lowest BCUT2D eigenvalue weighted by atomic mass is 9.99. The molecule has 0 aliphatic carbocycles. The van der Waals surface area contributed by atoms with Crippen LogP contribution in [0.1, 0.15) is 15.9 Å². The van der Waals surface area contributed by atoms with E-state index in [0.717, 1.165) is 47.1 Å². The van der Waals surface area contributed by atoms with E-state index in [1.807, 2.05) is 53.1 Å². The van der Waals surface area contributed by atoms with E-state index in [0.29, 0.717) is 6.54 Å². The van der Waals surface area contributed by atoms with Crippen LogP contribution in [0, 0.1) is 0 Å². The third kappa shape index (κ3) is 2.69. The Hall–Kier alpha value is -3.11. The second kappa shape index (κ2) is 6.80. The molecule has 0 spiro atoms. The normalized spacial score (nSPS) is 14.3. The van der Waals surface area contributed by atoms with Crippen molar-refractivity contribution >= 4 is 27.7 Å². The Bertz CT molecular complexity index is 1120. The minimum atomic E-state index is 0.107. The molecule has 0 unspecified atom stereocenters. The van der Waals surface area contributed by atoms with Gasteiger partial charge >= 0.3 is 0 Å². The first-order valence-electron chi connectivity index (χ1n) is 9.65. The van der Waals surface area contributed by atoms with E-state index in [-0.39, 0.29) is 5.91 Å². The topological polar surface area (TPSA) is 34.5 Å². The van der Waals surface area contributed by atoms with Gasteiger partial charge in [-0.25, -0.2) is 0 Å². The average molecular weight is 370 g/mol. The predicted molar refractivity (Wildman–Crippen MR) is 112 cm³/mol. The lowest BCUT2D eigenvalue weighted by Gasteiger charge is -2.29. The van der Waals surface area contributed by atoms with Gasteiger partial charge in [0.05, 0.1) is 24.7 Å². The number of rotatable bonds is 3. The van der Waals surface area contributed by atoms with Crippen LogP contribution >= 0.6 is 0 Å². The number of hydrogen-bond acceptors (Lipinski definition) is 3. The molecule has 0 saturated heterocycles. The Labute approximate surface area is 163 Å². The number of aromatic nitrogens is 1. The number of hydrogen-bond donors (Lipinski definition) is 0. The lowest BCUT2D eigenvalue weighted by molar-refractivity contribution is 0.0848. The summed E-state index contributed by atoms with van der Waals surface area (Å²) in [4.78, 5) is 15.6. The molecular formula is C24H22N2O2. The summed E-state index contributed by atoms with van der Waals surface area (Å²) < 4.78 is 7.41. The Morgan fingerprint density at radius 3 is 2.29 bits per heavy atom. The van der Waals surface area contributed by atoms with Gasteiger partial charge in [0.25, 0.3) is 0 Å². The highest BCUT2D eigenvalue weighted by molar-refractivity contribution is 6.13. The highest BCUT2D eigenvalue weighted by atomic mass is 16.5. The van der Waals surface area contributed by atoms with Gasteiger partial charge in [0, 0.05) is 29.4 Å². The number of fused-ring (bicyclic) bond motifs is 4. The van der Waals surface area contributed by atoms with Crippen molar-refractivity contribution in [3.63, 3.8) is 0 Å². The van der Waals surface area contributed by atoms with Crippen molar-refractivity contribution in [2.24, 2.45) is 0 Å². The highest BCUT2D eigenvalue weighted by Crippen LogP contribution is 2.30. The molecule has 0 atom stereocenters. The molecule has 3 aromatic carbocycles. The molecule has 4 aromatic rings. The Morgan fingerprint density at radius 1 is 0.929 bits per heavy atom. The zero-order valence-corrected chi connectivity index (χ0v) is 15.9. The van der Waals surface area contributed by atoms with Crippen molar-refractivity contribution in [3.05, 3.63) is 77.9 Å². The van der Waals surface area contributed by atoms with E-state index < -0.39 is 0 Å². The minimum absolute atomic E-state index is 0.107. The van der Waals surface area contributed by atoms with Gasteiger partial charge in [-0.1, -0.05) is 48.5 Å². The average Bonchev–Trinajstić information content (AvgIpc) is 3.08. The summed E-state index contributed by atoms with van der Waals surface area (Å²) in [6.45, 7) is 2.01. The van der Waals surface area contributed by atoms with E-state index in [2.05, 4.69) is 23.1 Å². The molecule has 1 aliphatic rings. The van der Waals surface area contributed by atoms with E-state index in [4.69, 9.17) is 4.74 Å². The number of para-hydroxylation sites is 2. The van der Waals surface area contributed by atoms with Crippen molar-refractivity contribution < 1.29 is 9.53 Å². The molecule has 0 N–H and O–H groups in total. The maximum absolute atomic E-state index is 13.4. The molecule has 2 heterocycles. The quantitative estimate of drug-likeness (QED) is 0.532. The van der Waals surface area contributed by atoms with Gasteiger partial charge in [-0.3, -0.25) is 14.3 Å². The van der Waals surface area contributed by atoms with Gasteiger partial charge in [-0.05, 0) is 30.2 Å². The van der Waals surface area contributed by atoms with Gasteiger partial charge in [-0.15, -0.1) is 0 Å². The van der Waals surface area contributed by atoms with Crippen LogP contribution in [0.3, 0.4) is 0 Å². The summed E-state index contributed by atoms with van der Waals surface area (Å²) in [5.74, 6) is 1.02. The zero-order chi connectivity index (χ0) is 19.1. The number of ether oxygens (including phenoxy) is 1. The van der Waals surface area contributed by atoms with Crippen LogP contribution < -0.4 is 4.74 Å².